The number of nitrogens with one attached hydrogen (secondary N) is 1. The lowest BCUT2D eigenvalue weighted by atomic mass is 10.2. The number of hydrogen-bond donors (Lipinski definition) is 4. The number of methoxy groups -OCH3 is 1. The molecule has 0 fully saturated rings. The fourth-order valence-electron chi connectivity index (χ4n) is 1.36. The zero-order valence-corrected chi connectivity index (χ0v) is 12.6. The van der Waals surface area contributed by atoms with Crippen LogP contribution in [0.2, 0.25) is 0 Å². The molecule has 0 spiro atoms. The monoisotopic (exact) mass is 303 g/mol. The molecule has 0 radical (unpaired) electrons. The lowest BCUT2D eigenvalue weighted by molar-refractivity contribution is -0.756. The Morgan fingerprint density at radius 3 is 2.43 bits per heavy atom. The molecular formula is C12H23N4O5+. The van der Waals surface area contributed by atoms with Crippen LogP contribution in [0.1, 0.15) is 13.8 Å². The van der Waals surface area contributed by atoms with Gasteiger partial charge in [-0.2, -0.15) is 0 Å². The highest BCUT2D eigenvalue weighted by molar-refractivity contribution is 5.97. The van der Waals surface area contributed by atoms with Gasteiger partial charge in [0.1, 0.15) is 6.10 Å². The van der Waals surface area contributed by atoms with Crippen molar-refractivity contribution in [1.29, 1.82) is 0 Å². The van der Waals surface area contributed by atoms with E-state index in [2.05, 4.69) is 21.7 Å². The molecule has 0 bridgehead atoms. The van der Waals surface area contributed by atoms with Crippen LogP contribution in [0.25, 0.3) is 0 Å². The maximum Gasteiger partial charge on any atom is 0.376 e. The molecule has 0 aromatic rings. The third-order valence-corrected chi connectivity index (χ3v) is 2.60. The lowest BCUT2D eigenvalue weighted by Crippen LogP contribution is -2.38. The van der Waals surface area contributed by atoms with Gasteiger partial charge >= 0.3 is 5.70 Å². The zero-order valence-electron chi connectivity index (χ0n) is 12.6. The van der Waals surface area contributed by atoms with Crippen LogP contribution in [0, 0.1) is 4.91 Å². The SMILES string of the molecule is C=CNC(=N\[C@H](O)[C@H](O)C(C)OC)/C(=C(\C)N)[N+](=O)OC. The van der Waals surface area contributed by atoms with Gasteiger partial charge in [0.25, 0.3) is 4.92 Å². The summed E-state index contributed by atoms with van der Waals surface area (Å²) in [5.41, 5.74) is 5.57. The van der Waals surface area contributed by atoms with Crippen LogP contribution in [0.3, 0.4) is 0 Å². The van der Waals surface area contributed by atoms with Crippen molar-refractivity contribution in [3.8, 4) is 0 Å². The van der Waals surface area contributed by atoms with Gasteiger partial charge in [-0.15, -0.1) is 0 Å². The first-order valence-corrected chi connectivity index (χ1v) is 6.12. The molecule has 120 valence electrons. The van der Waals surface area contributed by atoms with Gasteiger partial charge in [-0.1, -0.05) is 6.58 Å². The highest BCUT2D eigenvalue weighted by Crippen LogP contribution is 2.09. The molecule has 21 heavy (non-hydrogen) atoms. The first-order valence-electron chi connectivity index (χ1n) is 6.12. The second kappa shape index (κ2) is 9.06. The van der Waals surface area contributed by atoms with Crippen LogP contribution in [0.15, 0.2) is 29.2 Å². The van der Waals surface area contributed by atoms with E-state index in [0.29, 0.717) is 0 Å². The number of aliphatic hydroxyl groups excluding tert-OH is 2. The van der Waals surface area contributed by atoms with Crippen LogP contribution in [0.4, 0.5) is 0 Å². The summed E-state index contributed by atoms with van der Waals surface area (Å²) in [5, 5.41) is 22.3. The van der Waals surface area contributed by atoms with Crippen molar-refractivity contribution in [2.75, 3.05) is 14.2 Å². The Kier molecular flexibility index (Phi) is 8.21. The van der Waals surface area contributed by atoms with Gasteiger partial charge < -0.3 is 26.0 Å². The second-order valence-corrected chi connectivity index (χ2v) is 4.14. The predicted molar refractivity (Wildman–Crippen MR) is 76.8 cm³/mol. The van der Waals surface area contributed by atoms with Crippen LogP contribution in [-0.4, -0.2) is 53.6 Å². The number of aliphatic hydroxyl groups is 2. The zero-order chi connectivity index (χ0) is 16.6. The van der Waals surface area contributed by atoms with Gasteiger partial charge in [-0.25, -0.2) is 9.83 Å². The Bertz CT molecular complexity index is 431. The molecule has 0 aliphatic carbocycles. The molecule has 9 nitrogen and oxygen atoms in total. The van der Waals surface area contributed by atoms with Crippen LogP contribution in [0.5, 0.6) is 0 Å². The highest BCUT2D eigenvalue weighted by Gasteiger charge is 2.31. The smallest absolute Gasteiger partial charge is 0.376 e. The van der Waals surface area contributed by atoms with Crippen molar-refractivity contribution in [1.82, 2.24) is 5.32 Å². The number of amidine groups is 1. The average Bonchev–Trinajstić information content (AvgIpc) is 2.45. The number of ether oxygens (including phenoxy) is 1. The molecule has 1 unspecified atom stereocenters. The molecule has 0 saturated heterocycles. The normalized spacial score (nSPS) is 17.3. The van der Waals surface area contributed by atoms with Crippen molar-refractivity contribution in [3.05, 3.63) is 29.1 Å². The maximum atomic E-state index is 11.6. The van der Waals surface area contributed by atoms with E-state index in [1.807, 2.05) is 0 Å². The minimum absolute atomic E-state index is 0.0985. The van der Waals surface area contributed by atoms with E-state index in [4.69, 9.17) is 10.5 Å². The van der Waals surface area contributed by atoms with Crippen LogP contribution in [-0.2, 0) is 9.57 Å². The van der Waals surface area contributed by atoms with Gasteiger partial charge in [0.15, 0.2) is 13.3 Å². The Morgan fingerprint density at radius 2 is 2.05 bits per heavy atom. The van der Waals surface area contributed by atoms with E-state index in [1.54, 1.807) is 6.92 Å². The van der Waals surface area contributed by atoms with Crippen molar-refractivity contribution in [3.63, 3.8) is 0 Å². The number of rotatable bonds is 8. The molecule has 0 aliphatic heterocycles. The molecule has 0 aliphatic rings. The third kappa shape index (κ3) is 5.50. The third-order valence-electron chi connectivity index (χ3n) is 2.60. The Morgan fingerprint density at radius 1 is 1.48 bits per heavy atom. The van der Waals surface area contributed by atoms with Crippen molar-refractivity contribution in [2.24, 2.45) is 10.7 Å². The van der Waals surface area contributed by atoms with Crippen molar-refractivity contribution >= 4 is 5.84 Å². The quantitative estimate of drug-likeness (QED) is 0.267. The molecule has 5 N–H and O–H groups in total. The van der Waals surface area contributed by atoms with E-state index in [-0.39, 0.29) is 22.2 Å². The summed E-state index contributed by atoms with van der Waals surface area (Å²) in [6.45, 7) is 6.46. The summed E-state index contributed by atoms with van der Waals surface area (Å²) in [6, 6.07) is 0. The molecular weight excluding hydrogens is 280 g/mol. The first-order chi connectivity index (χ1) is 9.79. The van der Waals surface area contributed by atoms with E-state index >= 15 is 0 Å². The summed E-state index contributed by atoms with van der Waals surface area (Å²) in [7, 11) is 2.53. The molecule has 0 aromatic heterocycles. The van der Waals surface area contributed by atoms with Crippen LogP contribution >= 0.6 is 0 Å². The molecule has 0 rings (SSSR count). The predicted octanol–water partition coefficient (Wildman–Crippen LogP) is -0.637. The Balaban J connectivity index is 5.56. The van der Waals surface area contributed by atoms with Crippen LogP contribution < -0.4 is 11.1 Å². The lowest BCUT2D eigenvalue weighted by Gasteiger charge is -2.20. The fourth-order valence-corrected chi connectivity index (χ4v) is 1.36. The molecule has 0 saturated carbocycles. The van der Waals surface area contributed by atoms with Gasteiger partial charge in [-0.05, 0) is 20.0 Å². The number of nitrogens with two attached hydrogens (primary N) is 1. The first kappa shape index (κ1) is 19.0. The molecule has 0 aromatic carbocycles. The molecule has 0 amide bonds. The summed E-state index contributed by atoms with van der Waals surface area (Å²) in [4.78, 5) is 20.1. The molecule has 0 heterocycles. The largest absolute Gasteiger partial charge is 0.396 e. The fraction of sp³-hybridized carbons (Fsp3) is 0.583. The highest BCUT2D eigenvalue weighted by atomic mass is 16.8. The van der Waals surface area contributed by atoms with E-state index in [1.165, 1.54) is 20.2 Å². The second-order valence-electron chi connectivity index (χ2n) is 4.14. The van der Waals surface area contributed by atoms with Gasteiger partial charge in [-0.3, -0.25) is 0 Å². The maximum absolute atomic E-state index is 11.6. The van der Waals surface area contributed by atoms with E-state index in [0.717, 1.165) is 7.11 Å². The number of nitrogens with zero attached hydrogens (tertiary/aromatic N) is 2. The van der Waals surface area contributed by atoms with E-state index < -0.39 is 18.4 Å². The van der Waals surface area contributed by atoms with Gasteiger partial charge in [0, 0.05) is 7.11 Å². The standard InChI is InChI=1S/C12H23N4O5/c1-6-14-11(9(7(2)13)16(19)21-5)15-12(18)10(17)8(3)20-4/h6,8,10,12,17-18H,1,13H2,2-5H3,(H,14,15)/q+1/b9-7-/t8?,10-,12-/m1/s1. The van der Waals surface area contributed by atoms with Crippen molar-refractivity contribution < 1.29 is 24.7 Å². The number of aliphatic imine (C=N–C) groups is 1. The molecule has 9 heteroatoms. The van der Waals surface area contributed by atoms with Gasteiger partial charge in [0.2, 0.25) is 5.84 Å². The summed E-state index contributed by atoms with van der Waals surface area (Å²) < 4.78 is 4.90. The minimum Gasteiger partial charge on any atom is -0.396 e. The molecule has 3 atom stereocenters. The van der Waals surface area contributed by atoms with Gasteiger partial charge in [0.05, 0.1) is 16.7 Å². The number of hydrogen-bond acceptors (Lipinski definition) is 7. The number of allylic oxidation sites excluding steroid dienone is 1. The Labute approximate surface area is 123 Å². The summed E-state index contributed by atoms with van der Waals surface area (Å²) >= 11 is 0. The summed E-state index contributed by atoms with van der Waals surface area (Å²) in [5.74, 6) is -0.100. The van der Waals surface area contributed by atoms with E-state index in [9.17, 15) is 15.1 Å². The summed E-state index contributed by atoms with van der Waals surface area (Å²) in [6.07, 6.45) is -2.25. The average molecular weight is 303 g/mol. The topological polar surface area (TPSA) is 129 Å². The Hall–Kier alpha value is -1.97. The van der Waals surface area contributed by atoms with Crippen molar-refractivity contribution in [2.45, 2.75) is 32.3 Å². The minimum atomic E-state index is -1.54.